The fourth-order valence-electron chi connectivity index (χ4n) is 3.99. The van der Waals surface area contributed by atoms with Crippen molar-refractivity contribution in [1.29, 1.82) is 0 Å². The van der Waals surface area contributed by atoms with Gasteiger partial charge in [-0.15, -0.1) is 0 Å². The lowest BCUT2D eigenvalue weighted by atomic mass is 10.00. The van der Waals surface area contributed by atoms with E-state index in [1.54, 1.807) is 24.3 Å². The summed E-state index contributed by atoms with van der Waals surface area (Å²) >= 11 is 2.15. The largest absolute Gasteiger partial charge is 0.496 e. The average Bonchev–Trinajstić information content (AvgIpc) is 2.83. The SMILES string of the molecule is CCc1ccccc1N1C(=O)NC(=O)/C(=C/c2cc(I)c(Cc3cccc(F)c3)c(OC)c2)C1=O. The molecule has 1 aliphatic heterocycles. The number of urea groups is 1. The molecule has 6 nitrogen and oxygen atoms in total. The van der Waals surface area contributed by atoms with Crippen LogP contribution in [0.25, 0.3) is 6.08 Å². The van der Waals surface area contributed by atoms with Crippen molar-refractivity contribution in [3.63, 3.8) is 0 Å². The van der Waals surface area contributed by atoms with Crippen LogP contribution in [0.3, 0.4) is 0 Å². The minimum Gasteiger partial charge on any atom is -0.496 e. The average molecular weight is 584 g/mol. The Labute approximate surface area is 215 Å². The molecule has 0 saturated carbocycles. The van der Waals surface area contributed by atoms with E-state index in [2.05, 4.69) is 27.9 Å². The zero-order valence-corrected chi connectivity index (χ0v) is 21.3. The number of hydrogen-bond acceptors (Lipinski definition) is 4. The Balaban J connectivity index is 1.72. The van der Waals surface area contributed by atoms with Gasteiger partial charge in [0.05, 0.1) is 12.8 Å². The molecule has 178 valence electrons. The van der Waals surface area contributed by atoms with Gasteiger partial charge in [0.25, 0.3) is 11.8 Å². The molecule has 0 aromatic heterocycles. The first-order valence-corrected chi connectivity index (χ1v) is 12.0. The van der Waals surface area contributed by atoms with Crippen molar-refractivity contribution in [2.75, 3.05) is 12.0 Å². The minimum absolute atomic E-state index is 0.161. The van der Waals surface area contributed by atoms with Crippen LogP contribution in [0.2, 0.25) is 0 Å². The number of para-hydroxylation sites is 1. The van der Waals surface area contributed by atoms with Crippen LogP contribution in [0.1, 0.15) is 29.2 Å². The number of anilines is 1. The van der Waals surface area contributed by atoms with Gasteiger partial charge in [0.15, 0.2) is 0 Å². The number of imide groups is 2. The highest BCUT2D eigenvalue weighted by Gasteiger charge is 2.37. The van der Waals surface area contributed by atoms with Crippen molar-refractivity contribution in [2.24, 2.45) is 0 Å². The van der Waals surface area contributed by atoms with Crippen LogP contribution >= 0.6 is 22.6 Å². The Hall–Kier alpha value is -3.53. The monoisotopic (exact) mass is 584 g/mol. The molecule has 0 aliphatic carbocycles. The molecule has 8 heteroatoms. The molecule has 3 aromatic rings. The minimum atomic E-state index is -0.782. The summed E-state index contributed by atoms with van der Waals surface area (Å²) in [5.74, 6) is -1.23. The highest BCUT2D eigenvalue weighted by atomic mass is 127. The van der Waals surface area contributed by atoms with Crippen molar-refractivity contribution in [1.82, 2.24) is 5.32 Å². The third-order valence-corrected chi connectivity index (χ3v) is 6.66. The highest BCUT2D eigenvalue weighted by Crippen LogP contribution is 2.31. The van der Waals surface area contributed by atoms with E-state index < -0.39 is 17.8 Å². The Kier molecular flexibility index (Phi) is 7.30. The lowest BCUT2D eigenvalue weighted by molar-refractivity contribution is -0.122. The van der Waals surface area contributed by atoms with Gasteiger partial charge in [-0.3, -0.25) is 14.9 Å². The van der Waals surface area contributed by atoms with Gasteiger partial charge in [0, 0.05) is 15.6 Å². The second kappa shape index (κ2) is 10.4. The molecule has 1 heterocycles. The van der Waals surface area contributed by atoms with Crippen LogP contribution in [0.5, 0.6) is 5.75 Å². The summed E-state index contributed by atoms with van der Waals surface area (Å²) in [6.07, 6.45) is 2.51. The number of methoxy groups -OCH3 is 1. The smallest absolute Gasteiger partial charge is 0.335 e. The van der Waals surface area contributed by atoms with Crippen molar-refractivity contribution in [3.05, 3.63) is 97.9 Å². The van der Waals surface area contributed by atoms with Crippen LogP contribution in [0.15, 0.2) is 66.2 Å². The molecule has 0 spiro atoms. The Bertz CT molecular complexity index is 1370. The Morgan fingerprint density at radius 1 is 1.06 bits per heavy atom. The molecular formula is C27H22FIN2O4. The van der Waals surface area contributed by atoms with E-state index in [-0.39, 0.29) is 11.4 Å². The zero-order chi connectivity index (χ0) is 25.1. The van der Waals surface area contributed by atoms with E-state index in [0.717, 1.165) is 25.2 Å². The zero-order valence-electron chi connectivity index (χ0n) is 19.1. The van der Waals surface area contributed by atoms with Gasteiger partial charge < -0.3 is 4.74 Å². The molecule has 0 radical (unpaired) electrons. The highest BCUT2D eigenvalue weighted by molar-refractivity contribution is 14.1. The maximum absolute atomic E-state index is 13.6. The van der Waals surface area contributed by atoms with Crippen LogP contribution in [-0.2, 0) is 22.4 Å². The summed E-state index contributed by atoms with van der Waals surface area (Å²) in [4.78, 5) is 39.5. The summed E-state index contributed by atoms with van der Waals surface area (Å²) in [7, 11) is 1.53. The Morgan fingerprint density at radius 3 is 2.54 bits per heavy atom. The summed E-state index contributed by atoms with van der Waals surface area (Å²) in [5, 5.41) is 2.26. The molecule has 1 N–H and O–H groups in total. The normalized spacial score (nSPS) is 14.9. The number of hydrogen-bond donors (Lipinski definition) is 1. The van der Waals surface area contributed by atoms with Crippen molar-refractivity contribution in [2.45, 2.75) is 19.8 Å². The molecule has 35 heavy (non-hydrogen) atoms. The molecule has 3 aromatic carbocycles. The fourth-order valence-corrected chi connectivity index (χ4v) is 4.81. The van der Waals surface area contributed by atoms with Gasteiger partial charge in [-0.05, 0) is 82.1 Å². The third-order valence-electron chi connectivity index (χ3n) is 5.69. The molecule has 4 amide bonds. The predicted molar refractivity (Wildman–Crippen MR) is 140 cm³/mol. The van der Waals surface area contributed by atoms with Gasteiger partial charge in [-0.25, -0.2) is 14.1 Å². The molecule has 0 unspecified atom stereocenters. The molecular weight excluding hydrogens is 562 g/mol. The lowest BCUT2D eigenvalue weighted by Gasteiger charge is -2.28. The number of aryl methyl sites for hydroxylation is 1. The number of carbonyl (C=O) groups is 3. The van der Waals surface area contributed by atoms with Crippen molar-refractivity contribution >= 4 is 52.2 Å². The molecule has 1 saturated heterocycles. The number of halogens is 2. The molecule has 1 fully saturated rings. The van der Waals surface area contributed by atoms with Crippen molar-refractivity contribution < 1.29 is 23.5 Å². The summed E-state index contributed by atoms with van der Waals surface area (Å²) in [5.41, 5.74) is 3.29. The first-order valence-electron chi connectivity index (χ1n) is 10.9. The molecule has 4 rings (SSSR count). The standard InChI is InChI=1S/C27H22FIN2O4/c1-3-18-8-4-5-10-23(18)31-26(33)21(25(32)30-27(31)34)13-17-14-22(29)20(24(15-17)35-2)12-16-7-6-9-19(28)11-16/h4-11,13-15H,3,12H2,1-2H3,(H,30,32,34)/b21-13-. The van der Waals surface area contributed by atoms with E-state index in [1.807, 2.05) is 31.2 Å². The number of barbiturate groups is 1. The third kappa shape index (κ3) is 5.12. The second-order valence-corrected chi connectivity index (χ2v) is 9.09. The van der Waals surface area contributed by atoms with Crippen LogP contribution < -0.4 is 15.0 Å². The first-order chi connectivity index (χ1) is 16.8. The number of benzene rings is 3. The van der Waals surface area contributed by atoms with E-state index in [4.69, 9.17) is 4.74 Å². The second-order valence-electron chi connectivity index (χ2n) is 7.93. The number of ether oxygens (including phenoxy) is 1. The number of amides is 4. The van der Waals surface area contributed by atoms with E-state index >= 15 is 0 Å². The summed E-state index contributed by atoms with van der Waals surface area (Å²) in [6, 6.07) is 16.2. The number of rotatable bonds is 6. The van der Waals surface area contributed by atoms with Gasteiger partial charge in [-0.1, -0.05) is 37.3 Å². The van der Waals surface area contributed by atoms with E-state index in [1.165, 1.54) is 25.3 Å². The first kappa shape index (κ1) is 24.6. The van der Waals surface area contributed by atoms with Crippen molar-refractivity contribution in [3.8, 4) is 5.75 Å². The molecule has 0 atom stereocenters. The lowest BCUT2D eigenvalue weighted by Crippen LogP contribution is -2.54. The molecule has 0 bridgehead atoms. The fraction of sp³-hybridized carbons (Fsp3) is 0.148. The summed E-state index contributed by atoms with van der Waals surface area (Å²) in [6.45, 7) is 1.92. The maximum Gasteiger partial charge on any atom is 0.335 e. The maximum atomic E-state index is 13.6. The van der Waals surface area contributed by atoms with Crippen LogP contribution in [0, 0.1) is 9.39 Å². The molecule has 1 aliphatic rings. The van der Waals surface area contributed by atoms with Crippen LogP contribution in [0.4, 0.5) is 14.9 Å². The summed E-state index contributed by atoms with van der Waals surface area (Å²) < 4.78 is 20.0. The van der Waals surface area contributed by atoms with E-state index in [0.29, 0.717) is 29.8 Å². The predicted octanol–water partition coefficient (Wildman–Crippen LogP) is 5.26. The number of nitrogens with zero attached hydrogens (tertiary/aromatic N) is 1. The van der Waals surface area contributed by atoms with Gasteiger partial charge >= 0.3 is 6.03 Å². The quantitative estimate of drug-likeness (QED) is 0.244. The Morgan fingerprint density at radius 2 is 1.83 bits per heavy atom. The van der Waals surface area contributed by atoms with Gasteiger partial charge in [0.2, 0.25) is 0 Å². The number of nitrogens with one attached hydrogen (secondary N) is 1. The topological polar surface area (TPSA) is 75.7 Å². The number of carbonyl (C=O) groups excluding carboxylic acids is 3. The van der Waals surface area contributed by atoms with E-state index in [9.17, 15) is 18.8 Å². The van der Waals surface area contributed by atoms with Gasteiger partial charge in [0.1, 0.15) is 17.1 Å². The van der Waals surface area contributed by atoms with Crippen LogP contribution in [-0.4, -0.2) is 25.0 Å². The van der Waals surface area contributed by atoms with Gasteiger partial charge in [-0.2, -0.15) is 0 Å².